The largest absolute Gasteiger partial charge is 0.324 e. The second kappa shape index (κ2) is 6.61. The van der Waals surface area contributed by atoms with Gasteiger partial charge in [-0.15, -0.1) is 0 Å². The predicted octanol–water partition coefficient (Wildman–Crippen LogP) is 2.23. The van der Waals surface area contributed by atoms with E-state index in [-0.39, 0.29) is 23.9 Å². The van der Waals surface area contributed by atoms with Gasteiger partial charge in [0.1, 0.15) is 12.1 Å². The fourth-order valence-electron chi connectivity index (χ4n) is 3.08. The van der Waals surface area contributed by atoms with Gasteiger partial charge < -0.3 is 5.32 Å². The summed E-state index contributed by atoms with van der Waals surface area (Å²) < 4.78 is 2.87. The summed E-state index contributed by atoms with van der Waals surface area (Å²) in [7, 11) is 0. The predicted molar refractivity (Wildman–Crippen MR) is 101 cm³/mol. The Hall–Kier alpha value is -3.03. The van der Waals surface area contributed by atoms with Gasteiger partial charge in [0, 0.05) is 29.4 Å². The summed E-state index contributed by atoms with van der Waals surface area (Å²) in [5.41, 5.74) is 2.55. The third kappa shape index (κ3) is 3.47. The molecule has 1 N–H and O–H groups in total. The number of amides is 1. The molecule has 27 heavy (non-hydrogen) atoms. The number of rotatable bonds is 5. The van der Waals surface area contributed by atoms with Crippen LogP contribution >= 0.6 is 0 Å². The Bertz CT molecular complexity index is 1080. The fourth-order valence-corrected chi connectivity index (χ4v) is 3.08. The van der Waals surface area contributed by atoms with Crippen LogP contribution in [0.25, 0.3) is 5.52 Å². The molecule has 8 heteroatoms. The van der Waals surface area contributed by atoms with E-state index in [1.165, 1.54) is 4.68 Å². The summed E-state index contributed by atoms with van der Waals surface area (Å²) in [6.07, 6.45) is 3.84. The Labute approximate surface area is 156 Å². The van der Waals surface area contributed by atoms with Crippen molar-refractivity contribution in [1.82, 2.24) is 24.4 Å². The van der Waals surface area contributed by atoms with Gasteiger partial charge in [0.2, 0.25) is 5.91 Å². The third-order valence-electron chi connectivity index (χ3n) is 4.61. The number of nitrogens with zero attached hydrogens (tertiary/aromatic N) is 5. The number of anilines is 1. The zero-order valence-electron chi connectivity index (χ0n) is 15.6. The molecule has 1 fully saturated rings. The molecule has 0 aliphatic heterocycles. The molecule has 3 aromatic rings. The first-order valence-corrected chi connectivity index (χ1v) is 9.15. The average molecular weight is 366 g/mol. The van der Waals surface area contributed by atoms with Crippen LogP contribution in [0.15, 0.2) is 29.2 Å². The van der Waals surface area contributed by atoms with Crippen molar-refractivity contribution in [2.75, 3.05) is 5.32 Å². The summed E-state index contributed by atoms with van der Waals surface area (Å²) >= 11 is 0. The fraction of sp³-hybridized carbons (Fsp3) is 0.421. The molecule has 0 unspecified atom stereocenters. The second-order valence-electron chi connectivity index (χ2n) is 7.35. The number of hydrogen-bond donors (Lipinski definition) is 1. The SMILES string of the molecule is Cc1cc(NC(=O)Cn2nc(C(C)C)n3nc(C4CC4)cc3c2=O)ccn1. The van der Waals surface area contributed by atoms with E-state index in [4.69, 9.17) is 0 Å². The number of carbonyl (C=O) groups is 1. The standard InChI is InChI=1S/C19H22N6O2/c1-11(2)18-23-24(10-17(26)21-14-6-7-20-12(3)8-14)19(27)16-9-15(13-4-5-13)22-25(16)18/h6-9,11,13H,4-5,10H2,1-3H3,(H,20,21,26). The maximum absolute atomic E-state index is 12.9. The molecule has 4 rings (SSSR count). The maximum atomic E-state index is 12.9. The van der Waals surface area contributed by atoms with Crippen LogP contribution in [0.5, 0.6) is 0 Å². The molecule has 1 saturated carbocycles. The van der Waals surface area contributed by atoms with Crippen molar-refractivity contribution in [3.8, 4) is 0 Å². The first-order chi connectivity index (χ1) is 12.9. The quantitative estimate of drug-likeness (QED) is 0.747. The summed E-state index contributed by atoms with van der Waals surface area (Å²) in [6.45, 7) is 5.69. The van der Waals surface area contributed by atoms with Crippen molar-refractivity contribution in [2.45, 2.75) is 52.0 Å². The lowest BCUT2D eigenvalue weighted by Gasteiger charge is -2.12. The van der Waals surface area contributed by atoms with Crippen molar-refractivity contribution in [3.63, 3.8) is 0 Å². The summed E-state index contributed by atoms with van der Waals surface area (Å²) in [5, 5.41) is 11.8. The molecular weight excluding hydrogens is 344 g/mol. The molecule has 3 aromatic heterocycles. The smallest absolute Gasteiger partial charge is 0.293 e. The van der Waals surface area contributed by atoms with Gasteiger partial charge in [-0.1, -0.05) is 13.8 Å². The van der Waals surface area contributed by atoms with E-state index in [1.807, 2.05) is 26.8 Å². The first kappa shape index (κ1) is 17.4. The molecule has 8 nitrogen and oxygen atoms in total. The zero-order chi connectivity index (χ0) is 19.1. The van der Waals surface area contributed by atoms with E-state index in [2.05, 4.69) is 20.5 Å². The Balaban J connectivity index is 1.67. The van der Waals surface area contributed by atoms with Crippen LogP contribution in [0.3, 0.4) is 0 Å². The topological polar surface area (TPSA) is 94.2 Å². The van der Waals surface area contributed by atoms with Crippen LogP contribution in [0, 0.1) is 6.92 Å². The van der Waals surface area contributed by atoms with Gasteiger partial charge in [0.25, 0.3) is 5.56 Å². The van der Waals surface area contributed by atoms with Gasteiger partial charge in [-0.2, -0.15) is 10.2 Å². The van der Waals surface area contributed by atoms with Gasteiger partial charge >= 0.3 is 0 Å². The lowest BCUT2D eigenvalue weighted by atomic mass is 10.2. The first-order valence-electron chi connectivity index (χ1n) is 9.15. The Morgan fingerprint density at radius 1 is 1.30 bits per heavy atom. The molecule has 1 amide bonds. The van der Waals surface area contributed by atoms with E-state index in [0.717, 1.165) is 24.2 Å². The number of hydrogen-bond acceptors (Lipinski definition) is 5. The normalized spacial score (nSPS) is 14.1. The number of aryl methyl sites for hydroxylation is 1. The molecular formula is C19H22N6O2. The molecule has 0 radical (unpaired) electrons. The van der Waals surface area contributed by atoms with E-state index in [1.54, 1.807) is 22.8 Å². The minimum absolute atomic E-state index is 0.0669. The molecule has 0 saturated heterocycles. The second-order valence-corrected chi connectivity index (χ2v) is 7.35. The minimum Gasteiger partial charge on any atom is -0.324 e. The van der Waals surface area contributed by atoms with Crippen LogP contribution in [0.2, 0.25) is 0 Å². The molecule has 0 atom stereocenters. The van der Waals surface area contributed by atoms with Crippen molar-refractivity contribution >= 4 is 17.1 Å². The van der Waals surface area contributed by atoms with E-state index < -0.39 is 0 Å². The van der Waals surface area contributed by atoms with Crippen LogP contribution in [-0.4, -0.2) is 30.3 Å². The van der Waals surface area contributed by atoms with Crippen molar-refractivity contribution in [3.05, 3.63) is 52.0 Å². The number of carbonyl (C=O) groups excluding carboxylic acids is 1. The molecule has 3 heterocycles. The van der Waals surface area contributed by atoms with E-state index in [9.17, 15) is 9.59 Å². The van der Waals surface area contributed by atoms with Crippen molar-refractivity contribution in [2.24, 2.45) is 0 Å². The third-order valence-corrected chi connectivity index (χ3v) is 4.61. The maximum Gasteiger partial charge on any atom is 0.293 e. The highest BCUT2D eigenvalue weighted by atomic mass is 16.2. The van der Waals surface area contributed by atoms with Gasteiger partial charge in [0.05, 0.1) is 5.69 Å². The van der Waals surface area contributed by atoms with Crippen LogP contribution in [0.1, 0.15) is 55.7 Å². The molecule has 1 aliphatic rings. The van der Waals surface area contributed by atoms with E-state index in [0.29, 0.717) is 22.9 Å². The number of fused-ring (bicyclic) bond motifs is 1. The summed E-state index contributed by atoms with van der Waals surface area (Å²) in [5.74, 6) is 0.869. The van der Waals surface area contributed by atoms with Crippen molar-refractivity contribution in [1.29, 1.82) is 0 Å². The number of pyridine rings is 1. The molecule has 0 bridgehead atoms. The average Bonchev–Trinajstić information content (AvgIpc) is 3.36. The Morgan fingerprint density at radius 3 is 2.74 bits per heavy atom. The highest BCUT2D eigenvalue weighted by Crippen LogP contribution is 2.39. The molecule has 0 spiro atoms. The van der Waals surface area contributed by atoms with Gasteiger partial charge in [0.15, 0.2) is 5.82 Å². The lowest BCUT2D eigenvalue weighted by molar-refractivity contribution is -0.117. The van der Waals surface area contributed by atoms with Gasteiger partial charge in [-0.05, 0) is 38.0 Å². The molecule has 0 aromatic carbocycles. The lowest BCUT2D eigenvalue weighted by Crippen LogP contribution is -2.32. The summed E-state index contributed by atoms with van der Waals surface area (Å²) in [4.78, 5) is 29.4. The highest BCUT2D eigenvalue weighted by Gasteiger charge is 2.28. The summed E-state index contributed by atoms with van der Waals surface area (Å²) in [6, 6.07) is 5.33. The minimum atomic E-state index is -0.309. The number of aromatic nitrogens is 5. The monoisotopic (exact) mass is 366 g/mol. The van der Waals surface area contributed by atoms with Crippen molar-refractivity contribution < 1.29 is 4.79 Å². The van der Waals surface area contributed by atoms with Crippen LogP contribution < -0.4 is 10.9 Å². The molecule has 140 valence electrons. The van der Waals surface area contributed by atoms with Gasteiger partial charge in [-0.25, -0.2) is 9.20 Å². The molecule has 1 aliphatic carbocycles. The highest BCUT2D eigenvalue weighted by molar-refractivity contribution is 5.90. The zero-order valence-corrected chi connectivity index (χ0v) is 15.6. The van der Waals surface area contributed by atoms with Gasteiger partial charge in [-0.3, -0.25) is 14.6 Å². The Morgan fingerprint density at radius 2 is 2.07 bits per heavy atom. The number of nitrogens with one attached hydrogen (secondary N) is 1. The Kier molecular flexibility index (Phi) is 4.25. The van der Waals surface area contributed by atoms with Crippen LogP contribution in [0.4, 0.5) is 5.69 Å². The van der Waals surface area contributed by atoms with Crippen LogP contribution in [-0.2, 0) is 11.3 Å². The van der Waals surface area contributed by atoms with E-state index >= 15 is 0 Å².